The van der Waals surface area contributed by atoms with Crippen molar-refractivity contribution < 1.29 is 178 Å². The standard InChI is InChI=1S/C46H78N2O36/c1-10(55)47-19-26(62)35(16(7-53)73-40(19)71)81-45-34(70)38(25(61)18(79-45)9-72-42-33(69)37(24(60)15(6-52)74-42)82-44-32(68)29(65)22(58)13(4-50)76-44)83-46-39(30(66)23(59)14(5-51)77-46)84-41-20(48-11(2)56)27(63)36(17(8-54)78-41)80-43-31(67)28(64)21(57)12(3-49)75-43/h12-46,49-54,57-71H,3-9H2,1-2H3,(H,47,55)(H,48,56)/t12-,13-,14-,15-,16-,17-,18-,19-,20-,21+,22-,23-,24-,25-,26-,27-,28+,29+,30+,31-,32+,33+,34+,35-,36-,37+,38+,39+,40?,41+,42+,43+,44-,45+,46-/m1/s1. The average Bonchev–Trinajstić information content (AvgIpc) is 1.82. The summed E-state index contributed by atoms with van der Waals surface area (Å²) in [6, 6.07) is -3.53. The highest BCUT2D eigenvalue weighted by atomic mass is 16.8. The molecule has 35 atom stereocenters. The Hall–Kier alpha value is -2.42. The largest absolute Gasteiger partial charge is 0.394 e. The molecule has 0 aromatic carbocycles. The summed E-state index contributed by atoms with van der Waals surface area (Å²) < 4.78 is 74.7. The number of ether oxygens (including phenoxy) is 13. The summed E-state index contributed by atoms with van der Waals surface area (Å²) in [7, 11) is 0. The zero-order valence-electron chi connectivity index (χ0n) is 44.7. The van der Waals surface area contributed by atoms with Crippen molar-refractivity contribution in [2.45, 2.75) is 229 Å². The summed E-state index contributed by atoms with van der Waals surface area (Å²) in [5.74, 6) is -1.69. The summed E-state index contributed by atoms with van der Waals surface area (Å²) in [6.07, 6.45) is -65.6. The molecule has 7 saturated heterocycles. The monoisotopic (exact) mass is 1230 g/mol. The van der Waals surface area contributed by atoms with Crippen molar-refractivity contribution in [3.63, 3.8) is 0 Å². The van der Waals surface area contributed by atoms with E-state index in [1.165, 1.54) is 0 Å². The third-order valence-corrected chi connectivity index (χ3v) is 15.3. The van der Waals surface area contributed by atoms with Gasteiger partial charge >= 0.3 is 0 Å². The number of aliphatic hydroxyl groups is 21. The van der Waals surface area contributed by atoms with Crippen molar-refractivity contribution in [3.05, 3.63) is 0 Å². The molecule has 7 aliphatic rings. The molecule has 7 aliphatic heterocycles. The lowest BCUT2D eigenvalue weighted by molar-refractivity contribution is -0.396. The van der Waals surface area contributed by atoms with E-state index in [1.54, 1.807) is 0 Å². The molecule has 0 bridgehead atoms. The third kappa shape index (κ3) is 14.7. The Morgan fingerprint density at radius 3 is 1.13 bits per heavy atom. The Balaban J connectivity index is 1.18. The number of carbonyl (C=O) groups is 2. The van der Waals surface area contributed by atoms with Crippen LogP contribution in [0, 0.1) is 0 Å². The van der Waals surface area contributed by atoms with Crippen molar-refractivity contribution in [2.24, 2.45) is 0 Å². The molecule has 38 heteroatoms. The fourth-order valence-corrected chi connectivity index (χ4v) is 10.7. The zero-order chi connectivity index (χ0) is 61.9. The fraction of sp³-hybridized carbons (Fsp3) is 0.957. The van der Waals surface area contributed by atoms with Crippen LogP contribution in [0.15, 0.2) is 0 Å². The van der Waals surface area contributed by atoms with Gasteiger partial charge in [-0.25, -0.2) is 0 Å². The zero-order valence-corrected chi connectivity index (χ0v) is 44.7. The van der Waals surface area contributed by atoms with Crippen LogP contribution in [0.1, 0.15) is 13.8 Å². The van der Waals surface area contributed by atoms with Gasteiger partial charge in [0.15, 0.2) is 44.0 Å². The van der Waals surface area contributed by atoms with Crippen LogP contribution in [0.2, 0.25) is 0 Å². The molecule has 0 aromatic heterocycles. The van der Waals surface area contributed by atoms with Crippen LogP contribution in [0.25, 0.3) is 0 Å². The first-order chi connectivity index (χ1) is 39.7. The second-order valence-electron chi connectivity index (χ2n) is 21.1. The summed E-state index contributed by atoms with van der Waals surface area (Å²) >= 11 is 0. The molecule has 0 aromatic rings. The third-order valence-electron chi connectivity index (χ3n) is 15.3. The van der Waals surface area contributed by atoms with E-state index in [9.17, 15) is 117 Å². The Labute approximate surface area is 475 Å². The van der Waals surface area contributed by atoms with Gasteiger partial charge in [-0.3, -0.25) is 9.59 Å². The second kappa shape index (κ2) is 29.9. The van der Waals surface area contributed by atoms with Crippen LogP contribution in [0.4, 0.5) is 0 Å². The second-order valence-corrected chi connectivity index (χ2v) is 21.1. The van der Waals surface area contributed by atoms with Gasteiger partial charge in [-0.2, -0.15) is 0 Å². The number of rotatable bonds is 21. The highest BCUT2D eigenvalue weighted by Crippen LogP contribution is 2.38. The molecule has 7 rings (SSSR count). The number of aliphatic hydroxyl groups excluding tert-OH is 21. The number of hydrogen-bond donors (Lipinski definition) is 23. The fourth-order valence-electron chi connectivity index (χ4n) is 10.7. The Bertz CT molecular complexity index is 2060. The summed E-state index contributed by atoms with van der Waals surface area (Å²) in [5.41, 5.74) is 0. The number of carbonyl (C=O) groups excluding carboxylic acids is 2. The van der Waals surface area contributed by atoms with E-state index in [1.807, 2.05) is 0 Å². The molecule has 2 amide bonds. The number of nitrogens with one attached hydrogen (secondary N) is 2. The first-order valence-electron chi connectivity index (χ1n) is 26.6. The van der Waals surface area contributed by atoms with E-state index in [4.69, 9.17) is 61.6 Å². The lowest BCUT2D eigenvalue weighted by Gasteiger charge is -2.50. The van der Waals surface area contributed by atoms with Gasteiger partial charge in [0.2, 0.25) is 11.8 Å². The van der Waals surface area contributed by atoms with E-state index >= 15 is 0 Å². The number of hydrogen-bond acceptors (Lipinski definition) is 36. The van der Waals surface area contributed by atoms with E-state index in [-0.39, 0.29) is 0 Å². The minimum Gasteiger partial charge on any atom is -0.394 e. The quantitative estimate of drug-likeness (QED) is 0.0507. The van der Waals surface area contributed by atoms with Crippen molar-refractivity contribution in [1.29, 1.82) is 0 Å². The topological polar surface area (TPSA) is 603 Å². The van der Waals surface area contributed by atoms with E-state index in [0.29, 0.717) is 0 Å². The van der Waals surface area contributed by atoms with Crippen LogP contribution in [0.3, 0.4) is 0 Å². The van der Waals surface area contributed by atoms with Crippen LogP contribution < -0.4 is 10.6 Å². The van der Waals surface area contributed by atoms with Gasteiger partial charge in [-0.1, -0.05) is 0 Å². The highest BCUT2D eigenvalue weighted by Gasteiger charge is 2.59. The maximum absolute atomic E-state index is 12.7. The van der Waals surface area contributed by atoms with Gasteiger partial charge in [0.25, 0.3) is 0 Å². The smallest absolute Gasteiger partial charge is 0.217 e. The minimum absolute atomic E-state index is 0.794. The lowest BCUT2D eigenvalue weighted by Crippen LogP contribution is -2.70. The van der Waals surface area contributed by atoms with Crippen LogP contribution in [-0.4, -0.2) is 380 Å². The van der Waals surface area contributed by atoms with Gasteiger partial charge in [-0.05, 0) is 0 Å². The lowest BCUT2D eigenvalue weighted by atomic mass is 9.94. The van der Waals surface area contributed by atoms with Gasteiger partial charge < -0.3 is 179 Å². The molecule has 23 N–H and O–H groups in total. The summed E-state index contributed by atoms with van der Waals surface area (Å²) in [6.45, 7) is -5.04. The molecule has 7 heterocycles. The molecule has 1 unspecified atom stereocenters. The number of amides is 2. The van der Waals surface area contributed by atoms with Crippen molar-refractivity contribution in [2.75, 3.05) is 46.2 Å². The van der Waals surface area contributed by atoms with E-state index in [2.05, 4.69) is 10.6 Å². The van der Waals surface area contributed by atoms with Gasteiger partial charge in [0.1, 0.15) is 171 Å². The predicted molar refractivity (Wildman–Crippen MR) is 255 cm³/mol. The van der Waals surface area contributed by atoms with Crippen molar-refractivity contribution in [3.8, 4) is 0 Å². The maximum atomic E-state index is 12.7. The first kappa shape index (κ1) is 69.1. The summed E-state index contributed by atoms with van der Waals surface area (Å²) in [5, 5.41) is 231. The molecule has 0 aliphatic carbocycles. The first-order valence-corrected chi connectivity index (χ1v) is 26.6. The Morgan fingerprint density at radius 2 is 0.643 bits per heavy atom. The van der Waals surface area contributed by atoms with Crippen molar-refractivity contribution in [1.82, 2.24) is 10.6 Å². The molecule has 488 valence electrons. The van der Waals surface area contributed by atoms with E-state index < -0.39 is 273 Å². The minimum atomic E-state index is -2.38. The molecule has 0 saturated carbocycles. The molecular weight excluding hydrogens is 1160 g/mol. The van der Waals surface area contributed by atoms with Crippen LogP contribution in [-0.2, 0) is 71.2 Å². The van der Waals surface area contributed by atoms with Crippen molar-refractivity contribution >= 4 is 11.8 Å². The normalized spacial score (nSPS) is 50.3. The molecular formula is C46H78N2O36. The molecule has 7 fully saturated rings. The van der Waals surface area contributed by atoms with Gasteiger partial charge in [0.05, 0.1) is 46.2 Å². The SMILES string of the molecule is CC(=O)N[C@H]1[C@H](O[C@@H]2[C@@H](O[C@@H]3[C@H](O)[C@H](O[C@H]4[C@H](O)[C@@H](NC(C)=O)C(O)O[C@@H]4CO)O[C@H](CO[C@H]4O[C@H](CO)[C@@H](O)[C@H](O[C@H]5O[C@H](CO)[C@@H](O)[C@H](O)[C@@H]5O)[C@@H]4O)[C@H]3O)O[C@H](CO)[C@@H](O)[C@@H]2O)O[C@H](CO)[C@@H](O[C@@H]2O[C@H](CO)[C@H](O)[C@H](O)[C@H]2O)[C@@H]1O. The maximum Gasteiger partial charge on any atom is 0.217 e. The van der Waals surface area contributed by atoms with Crippen LogP contribution in [0.5, 0.6) is 0 Å². The van der Waals surface area contributed by atoms with Crippen LogP contribution >= 0.6 is 0 Å². The molecule has 0 spiro atoms. The predicted octanol–water partition coefficient (Wildman–Crippen LogP) is -16.0. The Morgan fingerprint density at radius 1 is 0.310 bits per heavy atom. The summed E-state index contributed by atoms with van der Waals surface area (Å²) in [4.78, 5) is 24.8. The molecule has 0 radical (unpaired) electrons. The van der Waals surface area contributed by atoms with Gasteiger partial charge in [0, 0.05) is 13.8 Å². The highest BCUT2D eigenvalue weighted by molar-refractivity contribution is 5.73. The molecule has 38 nitrogen and oxygen atoms in total. The average molecular weight is 1240 g/mol. The Kier molecular flexibility index (Phi) is 24.6. The van der Waals surface area contributed by atoms with Gasteiger partial charge in [-0.15, -0.1) is 0 Å². The van der Waals surface area contributed by atoms with E-state index in [0.717, 1.165) is 13.8 Å². The molecule has 84 heavy (non-hydrogen) atoms.